The molecule has 26 heavy (non-hydrogen) atoms. The van der Waals surface area contributed by atoms with Crippen molar-refractivity contribution >= 4 is 11.7 Å². The molecule has 0 unspecified atom stereocenters. The van der Waals surface area contributed by atoms with Gasteiger partial charge in [0.05, 0.1) is 12.6 Å². The number of ether oxygens (including phenoxy) is 1. The van der Waals surface area contributed by atoms with Crippen LogP contribution in [0.3, 0.4) is 0 Å². The molecule has 0 heterocycles. The summed E-state index contributed by atoms with van der Waals surface area (Å²) in [5.74, 6) is -1.25. The summed E-state index contributed by atoms with van der Waals surface area (Å²) >= 11 is 0. The van der Waals surface area contributed by atoms with Gasteiger partial charge in [0, 0.05) is 30.0 Å². The topological polar surface area (TPSA) is 55.4 Å². The van der Waals surface area contributed by atoms with Crippen LogP contribution in [0, 0.1) is 11.6 Å². The summed E-state index contributed by atoms with van der Waals surface area (Å²) in [7, 11) is 0. The number of halogens is 2. The van der Waals surface area contributed by atoms with Crippen LogP contribution in [0.15, 0.2) is 42.5 Å². The number of carbonyl (C=O) groups is 2. The number of carbonyl (C=O) groups excluding carboxylic acids is 2. The normalized spacial score (nSPS) is 11.7. The van der Waals surface area contributed by atoms with Crippen molar-refractivity contribution in [1.29, 1.82) is 0 Å². The zero-order valence-electron chi connectivity index (χ0n) is 14.7. The van der Waals surface area contributed by atoms with Gasteiger partial charge in [-0.15, -0.1) is 0 Å². The molecule has 0 spiro atoms. The molecule has 0 aliphatic rings. The Balaban J connectivity index is 1.86. The highest BCUT2D eigenvalue weighted by atomic mass is 19.1. The molecule has 2 rings (SSSR count). The molecule has 0 aliphatic heterocycles. The molecule has 1 N–H and O–H groups in total. The van der Waals surface area contributed by atoms with Crippen molar-refractivity contribution in [2.45, 2.75) is 32.7 Å². The van der Waals surface area contributed by atoms with Gasteiger partial charge < -0.3 is 10.1 Å². The van der Waals surface area contributed by atoms with Crippen molar-refractivity contribution in [3.8, 4) is 5.75 Å². The summed E-state index contributed by atoms with van der Waals surface area (Å²) in [5, 5.41) is 2.62. The van der Waals surface area contributed by atoms with Gasteiger partial charge in [0.15, 0.2) is 5.78 Å². The van der Waals surface area contributed by atoms with Crippen molar-refractivity contribution in [3.05, 3.63) is 65.2 Å². The Bertz CT molecular complexity index is 775. The lowest BCUT2D eigenvalue weighted by Crippen LogP contribution is -2.27. The van der Waals surface area contributed by atoms with Gasteiger partial charge in [-0.3, -0.25) is 9.59 Å². The molecule has 2 aromatic rings. The first-order valence-electron chi connectivity index (χ1n) is 8.41. The SMILES string of the molecule is CCOc1ccc(C(=O)CCC(=O)N[C@H](C)c2ccc(F)cc2F)cc1. The maximum atomic E-state index is 13.7. The number of amides is 1. The first kappa shape index (κ1) is 19.6. The summed E-state index contributed by atoms with van der Waals surface area (Å²) in [4.78, 5) is 24.1. The van der Waals surface area contributed by atoms with Crippen molar-refractivity contribution in [2.24, 2.45) is 0 Å². The number of hydrogen-bond donors (Lipinski definition) is 1. The zero-order valence-corrected chi connectivity index (χ0v) is 14.7. The molecule has 0 aromatic heterocycles. The average Bonchev–Trinajstić information content (AvgIpc) is 2.60. The third kappa shape index (κ3) is 5.37. The molecule has 0 fully saturated rings. The lowest BCUT2D eigenvalue weighted by atomic mass is 10.1. The highest BCUT2D eigenvalue weighted by Gasteiger charge is 2.15. The Kier molecular flexibility index (Phi) is 6.83. The molecule has 0 saturated heterocycles. The predicted molar refractivity (Wildman–Crippen MR) is 94.1 cm³/mol. The predicted octanol–water partition coefficient (Wildman–Crippen LogP) is 4.20. The second kappa shape index (κ2) is 9.08. The van der Waals surface area contributed by atoms with E-state index in [1.807, 2.05) is 6.92 Å². The summed E-state index contributed by atoms with van der Waals surface area (Å²) in [6.07, 6.45) is 0.0254. The van der Waals surface area contributed by atoms with Gasteiger partial charge in [0.25, 0.3) is 0 Å². The molecular weight excluding hydrogens is 340 g/mol. The second-order valence-electron chi connectivity index (χ2n) is 5.84. The summed E-state index contributed by atoms with van der Waals surface area (Å²) in [6.45, 7) is 4.01. The average molecular weight is 361 g/mol. The van der Waals surface area contributed by atoms with E-state index in [1.54, 1.807) is 31.2 Å². The first-order valence-corrected chi connectivity index (χ1v) is 8.41. The van der Waals surface area contributed by atoms with Crippen LogP contribution in [0.4, 0.5) is 8.78 Å². The van der Waals surface area contributed by atoms with Crippen LogP contribution in [0.1, 0.15) is 48.7 Å². The number of hydrogen-bond acceptors (Lipinski definition) is 3. The Hall–Kier alpha value is -2.76. The maximum absolute atomic E-state index is 13.7. The third-order valence-corrected chi connectivity index (χ3v) is 3.87. The van der Waals surface area contributed by atoms with E-state index in [0.29, 0.717) is 17.9 Å². The van der Waals surface area contributed by atoms with Crippen LogP contribution in [0.25, 0.3) is 0 Å². The van der Waals surface area contributed by atoms with E-state index < -0.39 is 17.7 Å². The number of Topliss-reactive ketones (excluding diaryl/α,β-unsaturated/α-hetero) is 1. The van der Waals surface area contributed by atoms with E-state index in [9.17, 15) is 18.4 Å². The van der Waals surface area contributed by atoms with Gasteiger partial charge in [-0.1, -0.05) is 6.07 Å². The fraction of sp³-hybridized carbons (Fsp3) is 0.300. The molecule has 0 saturated carbocycles. The van der Waals surface area contributed by atoms with Crippen molar-refractivity contribution in [1.82, 2.24) is 5.32 Å². The van der Waals surface area contributed by atoms with E-state index in [-0.39, 0.29) is 30.1 Å². The number of benzene rings is 2. The number of rotatable bonds is 8. The van der Waals surface area contributed by atoms with E-state index in [0.717, 1.165) is 12.1 Å². The molecule has 1 atom stereocenters. The lowest BCUT2D eigenvalue weighted by Gasteiger charge is -2.15. The molecular formula is C20H21F2NO3. The fourth-order valence-corrected chi connectivity index (χ4v) is 2.52. The lowest BCUT2D eigenvalue weighted by molar-refractivity contribution is -0.121. The monoisotopic (exact) mass is 361 g/mol. The van der Waals surface area contributed by atoms with Gasteiger partial charge in [0.1, 0.15) is 17.4 Å². The highest BCUT2D eigenvalue weighted by Crippen LogP contribution is 2.18. The molecule has 0 aliphatic carbocycles. The van der Waals surface area contributed by atoms with Crippen molar-refractivity contribution in [3.63, 3.8) is 0 Å². The summed E-state index contributed by atoms with van der Waals surface area (Å²) in [5.41, 5.74) is 0.691. The first-order chi connectivity index (χ1) is 12.4. The Morgan fingerprint density at radius 1 is 1.08 bits per heavy atom. The van der Waals surface area contributed by atoms with Gasteiger partial charge in [-0.05, 0) is 44.2 Å². The minimum absolute atomic E-state index is 0.0147. The van der Waals surface area contributed by atoms with E-state index in [4.69, 9.17) is 4.74 Å². The molecule has 138 valence electrons. The molecule has 0 radical (unpaired) electrons. The smallest absolute Gasteiger partial charge is 0.220 e. The van der Waals surface area contributed by atoms with E-state index >= 15 is 0 Å². The standard InChI is InChI=1S/C20H21F2NO3/c1-3-26-16-7-4-14(5-8-16)19(24)10-11-20(25)23-13(2)17-9-6-15(21)12-18(17)22/h4-9,12-13H,3,10-11H2,1-2H3,(H,23,25)/t13-/m1/s1. The maximum Gasteiger partial charge on any atom is 0.220 e. The Labute approximate surface area is 151 Å². The van der Waals surface area contributed by atoms with Gasteiger partial charge in [0.2, 0.25) is 5.91 Å². The van der Waals surface area contributed by atoms with E-state index in [1.165, 1.54) is 6.07 Å². The number of ketones is 1. The largest absolute Gasteiger partial charge is 0.494 e. The molecule has 4 nitrogen and oxygen atoms in total. The summed E-state index contributed by atoms with van der Waals surface area (Å²) in [6, 6.07) is 9.30. The zero-order chi connectivity index (χ0) is 19.1. The van der Waals surface area contributed by atoms with Crippen molar-refractivity contribution in [2.75, 3.05) is 6.61 Å². The van der Waals surface area contributed by atoms with Crippen LogP contribution < -0.4 is 10.1 Å². The van der Waals surface area contributed by atoms with Crippen LogP contribution >= 0.6 is 0 Å². The minimum Gasteiger partial charge on any atom is -0.494 e. The quantitative estimate of drug-likeness (QED) is 0.717. The minimum atomic E-state index is -0.719. The van der Waals surface area contributed by atoms with Gasteiger partial charge in [-0.2, -0.15) is 0 Å². The second-order valence-corrected chi connectivity index (χ2v) is 5.84. The third-order valence-electron chi connectivity index (χ3n) is 3.87. The van der Waals surface area contributed by atoms with Crippen LogP contribution in [0.5, 0.6) is 5.75 Å². The van der Waals surface area contributed by atoms with Crippen LogP contribution in [0.2, 0.25) is 0 Å². The summed E-state index contributed by atoms with van der Waals surface area (Å²) < 4.78 is 32.0. The molecule has 1 amide bonds. The van der Waals surface area contributed by atoms with Gasteiger partial charge in [-0.25, -0.2) is 8.78 Å². The van der Waals surface area contributed by atoms with Crippen LogP contribution in [-0.4, -0.2) is 18.3 Å². The van der Waals surface area contributed by atoms with Gasteiger partial charge >= 0.3 is 0 Å². The van der Waals surface area contributed by atoms with E-state index in [2.05, 4.69) is 5.32 Å². The van der Waals surface area contributed by atoms with Crippen LogP contribution in [-0.2, 0) is 4.79 Å². The molecule has 6 heteroatoms. The fourth-order valence-electron chi connectivity index (χ4n) is 2.52. The Morgan fingerprint density at radius 3 is 2.38 bits per heavy atom. The van der Waals surface area contributed by atoms with Crippen molar-refractivity contribution < 1.29 is 23.1 Å². The Morgan fingerprint density at radius 2 is 1.77 bits per heavy atom. The molecule has 0 bridgehead atoms. The highest BCUT2D eigenvalue weighted by molar-refractivity contribution is 5.98. The number of nitrogens with one attached hydrogen (secondary N) is 1. The molecule has 2 aromatic carbocycles.